The first-order valence-corrected chi connectivity index (χ1v) is 15.1. The fraction of sp³-hybridized carbons (Fsp3) is 0.903. The quantitative estimate of drug-likeness (QED) is 0.0941. The lowest BCUT2D eigenvalue weighted by Crippen LogP contribution is -2.21. The van der Waals surface area contributed by atoms with Crippen LogP contribution in [-0.4, -0.2) is 36.6 Å². The van der Waals surface area contributed by atoms with Gasteiger partial charge in [-0.25, -0.2) is 0 Å². The summed E-state index contributed by atoms with van der Waals surface area (Å²) in [5.74, 6) is 0.238. The van der Waals surface area contributed by atoms with Crippen molar-refractivity contribution in [2.75, 3.05) is 20.6 Å². The summed E-state index contributed by atoms with van der Waals surface area (Å²) in [5.41, 5.74) is 0. The van der Waals surface area contributed by atoms with Crippen LogP contribution < -0.4 is 0 Å². The topological polar surface area (TPSA) is 40.5 Å². The van der Waals surface area contributed by atoms with Gasteiger partial charge in [0.15, 0.2) is 0 Å². The molecule has 202 valence electrons. The van der Waals surface area contributed by atoms with Gasteiger partial charge in [-0.05, 0) is 65.0 Å². The van der Waals surface area contributed by atoms with Crippen LogP contribution >= 0.6 is 0 Å². The highest BCUT2D eigenvalue weighted by Gasteiger charge is 2.09. The molecule has 0 heterocycles. The molecule has 0 radical (unpaired) electrons. The van der Waals surface area contributed by atoms with E-state index in [-0.39, 0.29) is 0 Å². The number of carbonyl (C=O) groups is 1. The van der Waals surface area contributed by atoms with Crippen LogP contribution in [0.15, 0.2) is 12.2 Å². The molecule has 34 heavy (non-hydrogen) atoms. The summed E-state index contributed by atoms with van der Waals surface area (Å²) >= 11 is 0. The average molecular weight is 480 g/mol. The van der Waals surface area contributed by atoms with E-state index >= 15 is 0 Å². The Bertz CT molecular complexity index is 447. The lowest BCUT2D eigenvalue weighted by molar-refractivity contribution is -0.137. The van der Waals surface area contributed by atoms with Crippen LogP contribution in [0.1, 0.15) is 155 Å². The Morgan fingerprint density at radius 1 is 0.647 bits per heavy atom. The van der Waals surface area contributed by atoms with Gasteiger partial charge < -0.3 is 10.0 Å². The molecule has 0 rings (SSSR count). The van der Waals surface area contributed by atoms with Crippen molar-refractivity contribution in [3.05, 3.63) is 12.2 Å². The standard InChI is InChI=1S/C31H61NO2/c1-4-5-6-7-17-20-23-26-30(29-32(2)3)27-24-21-18-15-13-11-9-8-10-12-14-16-19-22-25-28-31(33)34/h12,14,30H,4-11,13,15-29H2,1-3H3,(H,33,34)/b14-12-. The molecule has 0 bridgehead atoms. The van der Waals surface area contributed by atoms with Crippen molar-refractivity contribution in [2.24, 2.45) is 5.92 Å². The van der Waals surface area contributed by atoms with E-state index in [0.29, 0.717) is 6.42 Å². The number of hydrogen-bond donors (Lipinski definition) is 1. The van der Waals surface area contributed by atoms with Crippen molar-refractivity contribution in [1.29, 1.82) is 0 Å². The first-order chi connectivity index (χ1) is 16.6. The molecular weight excluding hydrogens is 418 g/mol. The van der Waals surface area contributed by atoms with E-state index in [1.165, 1.54) is 122 Å². The zero-order valence-corrected chi connectivity index (χ0v) is 23.5. The van der Waals surface area contributed by atoms with Gasteiger partial charge in [0.05, 0.1) is 0 Å². The molecule has 0 aliphatic carbocycles. The van der Waals surface area contributed by atoms with Crippen molar-refractivity contribution in [1.82, 2.24) is 4.90 Å². The maximum atomic E-state index is 10.5. The summed E-state index contributed by atoms with van der Waals surface area (Å²) in [7, 11) is 4.47. The maximum absolute atomic E-state index is 10.5. The SMILES string of the molecule is CCCCCCCCCC(CCCCCCCCCC/C=C\CCCCCC(=O)O)CN(C)C. The van der Waals surface area contributed by atoms with Crippen LogP contribution in [0.3, 0.4) is 0 Å². The summed E-state index contributed by atoms with van der Waals surface area (Å²) in [6, 6.07) is 0. The van der Waals surface area contributed by atoms with E-state index in [9.17, 15) is 4.79 Å². The number of aliphatic carboxylic acids is 1. The molecule has 0 aliphatic rings. The van der Waals surface area contributed by atoms with Crippen molar-refractivity contribution in [3.63, 3.8) is 0 Å². The summed E-state index contributed by atoms with van der Waals surface area (Å²) in [4.78, 5) is 12.9. The molecule has 0 saturated carbocycles. The van der Waals surface area contributed by atoms with Gasteiger partial charge in [-0.15, -0.1) is 0 Å². The van der Waals surface area contributed by atoms with Crippen LogP contribution in [0.25, 0.3) is 0 Å². The second kappa shape index (κ2) is 26.8. The Labute approximate surface area is 214 Å². The normalized spacial score (nSPS) is 12.7. The molecule has 3 heteroatoms. The maximum Gasteiger partial charge on any atom is 0.303 e. The van der Waals surface area contributed by atoms with Gasteiger partial charge in [0.25, 0.3) is 0 Å². The molecule has 0 aromatic heterocycles. The molecule has 0 aromatic carbocycles. The molecule has 3 nitrogen and oxygen atoms in total. The molecule has 1 unspecified atom stereocenters. The van der Waals surface area contributed by atoms with Crippen LogP contribution in [0.2, 0.25) is 0 Å². The second-order valence-corrected chi connectivity index (χ2v) is 10.9. The molecule has 1 atom stereocenters. The van der Waals surface area contributed by atoms with E-state index in [2.05, 4.69) is 38.1 Å². The first kappa shape index (κ1) is 33.2. The minimum absolute atomic E-state index is 0.319. The van der Waals surface area contributed by atoms with E-state index in [4.69, 9.17) is 5.11 Å². The summed E-state index contributed by atoms with van der Waals surface area (Å²) in [5, 5.41) is 8.62. The number of hydrogen-bond acceptors (Lipinski definition) is 2. The van der Waals surface area contributed by atoms with Gasteiger partial charge in [0.1, 0.15) is 0 Å². The summed E-state index contributed by atoms with van der Waals surface area (Å²) < 4.78 is 0. The highest BCUT2D eigenvalue weighted by atomic mass is 16.4. The van der Waals surface area contributed by atoms with Gasteiger partial charge in [-0.1, -0.05) is 115 Å². The van der Waals surface area contributed by atoms with Crippen molar-refractivity contribution >= 4 is 5.97 Å². The molecule has 0 aromatic rings. The third-order valence-electron chi connectivity index (χ3n) is 7.00. The molecule has 0 fully saturated rings. The van der Waals surface area contributed by atoms with Crippen molar-refractivity contribution < 1.29 is 9.90 Å². The predicted molar refractivity (Wildman–Crippen MR) is 151 cm³/mol. The Morgan fingerprint density at radius 3 is 1.50 bits per heavy atom. The molecule has 0 amide bonds. The number of rotatable bonds is 27. The summed E-state index contributed by atoms with van der Waals surface area (Å²) in [6.07, 6.45) is 34.3. The number of unbranched alkanes of at least 4 members (excludes halogenated alkanes) is 17. The van der Waals surface area contributed by atoms with Gasteiger partial charge >= 0.3 is 5.97 Å². The van der Waals surface area contributed by atoms with E-state index in [1.54, 1.807) is 0 Å². The minimum Gasteiger partial charge on any atom is -0.481 e. The van der Waals surface area contributed by atoms with E-state index < -0.39 is 5.97 Å². The number of carboxylic acids is 1. The Morgan fingerprint density at radius 2 is 1.06 bits per heavy atom. The highest BCUT2D eigenvalue weighted by Crippen LogP contribution is 2.20. The Hall–Kier alpha value is -0.830. The molecule has 0 aliphatic heterocycles. The molecule has 1 N–H and O–H groups in total. The van der Waals surface area contributed by atoms with Crippen molar-refractivity contribution in [2.45, 2.75) is 155 Å². The number of carboxylic acid groups (broad SMARTS) is 1. The highest BCUT2D eigenvalue weighted by molar-refractivity contribution is 5.66. The Balaban J connectivity index is 3.49. The minimum atomic E-state index is -0.668. The van der Waals surface area contributed by atoms with E-state index in [0.717, 1.165) is 31.6 Å². The lowest BCUT2D eigenvalue weighted by Gasteiger charge is -2.21. The van der Waals surface area contributed by atoms with Crippen LogP contribution in [0.5, 0.6) is 0 Å². The summed E-state index contributed by atoms with van der Waals surface area (Å²) in [6.45, 7) is 3.57. The van der Waals surface area contributed by atoms with Crippen LogP contribution in [0, 0.1) is 5.92 Å². The Kier molecular flexibility index (Phi) is 26.1. The zero-order chi connectivity index (χ0) is 25.1. The van der Waals surface area contributed by atoms with E-state index in [1.807, 2.05) is 0 Å². The van der Waals surface area contributed by atoms with Crippen LogP contribution in [-0.2, 0) is 4.79 Å². The average Bonchev–Trinajstić information content (AvgIpc) is 2.79. The second-order valence-electron chi connectivity index (χ2n) is 10.9. The van der Waals surface area contributed by atoms with Gasteiger partial charge in [0, 0.05) is 13.0 Å². The third kappa shape index (κ3) is 27.4. The third-order valence-corrected chi connectivity index (χ3v) is 7.00. The number of nitrogens with zero attached hydrogens (tertiary/aromatic N) is 1. The number of allylic oxidation sites excluding steroid dienone is 2. The van der Waals surface area contributed by atoms with Gasteiger partial charge in [-0.3, -0.25) is 4.79 Å². The van der Waals surface area contributed by atoms with Crippen molar-refractivity contribution in [3.8, 4) is 0 Å². The fourth-order valence-electron chi connectivity index (χ4n) is 4.94. The lowest BCUT2D eigenvalue weighted by atomic mass is 9.93. The zero-order valence-electron chi connectivity index (χ0n) is 23.5. The molecular formula is C31H61NO2. The predicted octanol–water partition coefficient (Wildman–Crippen LogP) is 9.80. The fourth-order valence-corrected chi connectivity index (χ4v) is 4.94. The molecule has 0 spiro atoms. The van der Waals surface area contributed by atoms with Crippen LogP contribution in [0.4, 0.5) is 0 Å². The molecule has 0 saturated heterocycles. The smallest absolute Gasteiger partial charge is 0.303 e. The van der Waals surface area contributed by atoms with Gasteiger partial charge in [0.2, 0.25) is 0 Å². The monoisotopic (exact) mass is 479 g/mol. The first-order valence-electron chi connectivity index (χ1n) is 15.1. The van der Waals surface area contributed by atoms with Gasteiger partial charge in [-0.2, -0.15) is 0 Å². The largest absolute Gasteiger partial charge is 0.481 e.